The standard InChI is InChI=1S/C17H16BrNO.C17H17NO/c1-3-8-19-16-6-4-12(11(2)20)9-14(16)15-10-13(18)5-7-17(15)19;1-3-10-18-16-7-5-4-6-14(16)15-11-13(12(2)19)8-9-17(15)18/h4-7,9-10H,3,8H2,1-2H3;4-9,11H,3,10H2,1-2H3. The van der Waals surface area contributed by atoms with Gasteiger partial charge < -0.3 is 9.13 Å². The Balaban J connectivity index is 0.000000158. The third-order valence-corrected chi connectivity index (χ3v) is 7.80. The highest BCUT2D eigenvalue weighted by molar-refractivity contribution is 9.10. The number of benzene rings is 4. The first-order valence-corrected chi connectivity index (χ1v) is 14.4. The number of fused-ring (bicyclic) bond motifs is 6. The topological polar surface area (TPSA) is 44.0 Å². The SMILES string of the molecule is CCCn1c2ccc(Br)cc2c2cc(C(C)=O)ccc21.CCCn1c2ccccc2c2cc(C(C)=O)ccc21. The zero-order valence-corrected chi connectivity index (χ0v) is 24.5. The lowest BCUT2D eigenvalue weighted by molar-refractivity contribution is 0.100. The highest BCUT2D eigenvalue weighted by Crippen LogP contribution is 2.32. The molecule has 0 radical (unpaired) electrons. The van der Waals surface area contributed by atoms with E-state index in [1.54, 1.807) is 13.8 Å². The maximum absolute atomic E-state index is 11.6. The van der Waals surface area contributed by atoms with Crippen molar-refractivity contribution >= 4 is 71.1 Å². The quantitative estimate of drug-likeness (QED) is 0.184. The van der Waals surface area contributed by atoms with E-state index in [1.165, 1.54) is 38.2 Å². The number of hydrogen-bond donors (Lipinski definition) is 0. The van der Waals surface area contributed by atoms with Crippen LogP contribution in [0, 0.1) is 0 Å². The summed E-state index contributed by atoms with van der Waals surface area (Å²) in [7, 11) is 0. The van der Waals surface area contributed by atoms with E-state index in [2.05, 4.69) is 93.5 Å². The van der Waals surface area contributed by atoms with Crippen LogP contribution in [0.2, 0.25) is 0 Å². The van der Waals surface area contributed by atoms with Gasteiger partial charge in [0, 0.05) is 72.3 Å². The number of hydrogen-bond acceptors (Lipinski definition) is 2. The number of aryl methyl sites for hydroxylation is 2. The average Bonchev–Trinajstić information content (AvgIpc) is 3.41. The molecule has 5 heteroatoms. The number of halogens is 1. The predicted molar refractivity (Wildman–Crippen MR) is 167 cm³/mol. The zero-order valence-electron chi connectivity index (χ0n) is 22.9. The lowest BCUT2D eigenvalue weighted by atomic mass is 10.1. The Labute approximate surface area is 237 Å². The van der Waals surface area contributed by atoms with Crippen LogP contribution in [0.4, 0.5) is 0 Å². The van der Waals surface area contributed by atoms with Gasteiger partial charge in [-0.25, -0.2) is 0 Å². The molecule has 198 valence electrons. The van der Waals surface area contributed by atoms with Crippen LogP contribution in [0.5, 0.6) is 0 Å². The molecule has 0 aliphatic carbocycles. The van der Waals surface area contributed by atoms with E-state index in [4.69, 9.17) is 0 Å². The number of nitrogens with zero attached hydrogens (tertiary/aromatic N) is 2. The van der Waals surface area contributed by atoms with Gasteiger partial charge in [-0.1, -0.05) is 48.0 Å². The van der Waals surface area contributed by atoms with Crippen molar-refractivity contribution < 1.29 is 9.59 Å². The van der Waals surface area contributed by atoms with Gasteiger partial charge in [0.1, 0.15) is 0 Å². The van der Waals surface area contributed by atoms with Gasteiger partial charge in [-0.15, -0.1) is 0 Å². The fourth-order valence-electron chi connectivity index (χ4n) is 5.50. The van der Waals surface area contributed by atoms with E-state index < -0.39 is 0 Å². The van der Waals surface area contributed by atoms with Crippen molar-refractivity contribution in [3.05, 3.63) is 94.5 Å². The summed E-state index contributed by atoms with van der Waals surface area (Å²) in [5.41, 5.74) is 6.45. The third-order valence-electron chi connectivity index (χ3n) is 7.31. The van der Waals surface area contributed by atoms with Crippen LogP contribution in [0.25, 0.3) is 43.6 Å². The summed E-state index contributed by atoms with van der Waals surface area (Å²) >= 11 is 3.54. The summed E-state index contributed by atoms with van der Waals surface area (Å²) in [4.78, 5) is 23.2. The van der Waals surface area contributed by atoms with Gasteiger partial charge in [-0.05, 0) is 87.4 Å². The molecule has 0 saturated carbocycles. The molecule has 0 amide bonds. The molecule has 2 heterocycles. The van der Waals surface area contributed by atoms with E-state index in [0.717, 1.165) is 46.9 Å². The van der Waals surface area contributed by atoms with Crippen LogP contribution < -0.4 is 0 Å². The van der Waals surface area contributed by atoms with Gasteiger partial charge in [-0.3, -0.25) is 9.59 Å². The van der Waals surface area contributed by atoms with Crippen LogP contribution in [0.15, 0.2) is 83.3 Å². The molecule has 6 rings (SSSR count). The molecule has 0 bridgehead atoms. The molecule has 4 nitrogen and oxygen atoms in total. The Kier molecular flexibility index (Phi) is 7.72. The highest BCUT2D eigenvalue weighted by Gasteiger charge is 2.13. The molecule has 0 fully saturated rings. The molecule has 0 saturated heterocycles. The maximum atomic E-state index is 11.6. The summed E-state index contributed by atoms with van der Waals surface area (Å²) in [5, 5.41) is 4.76. The molecule has 0 N–H and O–H groups in total. The number of ketones is 2. The molecule has 4 aromatic carbocycles. The number of para-hydroxylation sites is 1. The monoisotopic (exact) mass is 580 g/mol. The Hall–Kier alpha value is -3.70. The van der Waals surface area contributed by atoms with Gasteiger partial charge in [0.15, 0.2) is 11.6 Å². The van der Waals surface area contributed by atoms with E-state index in [9.17, 15) is 9.59 Å². The molecule has 39 heavy (non-hydrogen) atoms. The van der Waals surface area contributed by atoms with Crippen molar-refractivity contribution in [1.82, 2.24) is 9.13 Å². The maximum Gasteiger partial charge on any atom is 0.159 e. The van der Waals surface area contributed by atoms with Gasteiger partial charge >= 0.3 is 0 Å². The van der Waals surface area contributed by atoms with Crippen molar-refractivity contribution in [2.45, 2.75) is 53.6 Å². The molecular weight excluding hydrogens is 548 g/mol. The number of rotatable bonds is 6. The van der Waals surface area contributed by atoms with Gasteiger partial charge in [0.25, 0.3) is 0 Å². The Morgan fingerprint density at radius 1 is 0.590 bits per heavy atom. The van der Waals surface area contributed by atoms with Crippen molar-refractivity contribution in [3.63, 3.8) is 0 Å². The first kappa shape index (κ1) is 26.9. The van der Waals surface area contributed by atoms with Gasteiger partial charge in [0.05, 0.1) is 0 Å². The lowest BCUT2D eigenvalue weighted by Crippen LogP contribution is -1.96. The van der Waals surface area contributed by atoms with Crippen LogP contribution in [-0.4, -0.2) is 20.7 Å². The van der Waals surface area contributed by atoms with E-state index in [1.807, 2.05) is 24.3 Å². The number of aromatic nitrogens is 2. The van der Waals surface area contributed by atoms with Crippen LogP contribution in [-0.2, 0) is 13.1 Å². The van der Waals surface area contributed by atoms with Crippen molar-refractivity contribution in [1.29, 1.82) is 0 Å². The minimum absolute atomic E-state index is 0.110. The Morgan fingerprint density at radius 2 is 1.03 bits per heavy atom. The highest BCUT2D eigenvalue weighted by atomic mass is 79.9. The predicted octanol–water partition coefficient (Wildman–Crippen LogP) is 9.58. The first-order chi connectivity index (χ1) is 18.8. The zero-order chi connectivity index (χ0) is 27.7. The smallest absolute Gasteiger partial charge is 0.159 e. The van der Waals surface area contributed by atoms with Crippen LogP contribution in [0.3, 0.4) is 0 Å². The molecule has 6 aromatic rings. The van der Waals surface area contributed by atoms with Crippen molar-refractivity contribution in [2.75, 3.05) is 0 Å². The largest absolute Gasteiger partial charge is 0.340 e. The fourth-order valence-corrected chi connectivity index (χ4v) is 5.86. The fraction of sp³-hybridized carbons (Fsp3) is 0.235. The van der Waals surface area contributed by atoms with Gasteiger partial charge in [0.2, 0.25) is 0 Å². The number of Topliss-reactive ketones (excluding diaryl/α,β-unsaturated/α-hetero) is 2. The Morgan fingerprint density at radius 3 is 1.54 bits per heavy atom. The molecule has 2 aromatic heterocycles. The normalized spacial score (nSPS) is 11.3. The summed E-state index contributed by atoms with van der Waals surface area (Å²) in [5.74, 6) is 0.229. The summed E-state index contributed by atoms with van der Waals surface area (Å²) in [6.45, 7) is 9.59. The summed E-state index contributed by atoms with van der Waals surface area (Å²) < 4.78 is 5.74. The second-order valence-electron chi connectivity index (χ2n) is 10.1. The van der Waals surface area contributed by atoms with E-state index >= 15 is 0 Å². The van der Waals surface area contributed by atoms with E-state index in [-0.39, 0.29) is 11.6 Å². The second kappa shape index (κ2) is 11.2. The second-order valence-corrected chi connectivity index (χ2v) is 11.0. The molecular formula is C34H33BrN2O2. The summed E-state index contributed by atoms with van der Waals surface area (Å²) in [6.07, 6.45) is 2.19. The molecule has 0 spiro atoms. The molecule has 0 atom stereocenters. The third kappa shape index (κ3) is 5.04. The van der Waals surface area contributed by atoms with Crippen LogP contribution >= 0.6 is 15.9 Å². The number of carbonyl (C=O) groups is 2. The van der Waals surface area contributed by atoms with Crippen molar-refractivity contribution in [3.8, 4) is 0 Å². The minimum Gasteiger partial charge on any atom is -0.340 e. The van der Waals surface area contributed by atoms with E-state index in [0.29, 0.717) is 0 Å². The number of carbonyl (C=O) groups excluding carboxylic acids is 2. The molecule has 0 unspecified atom stereocenters. The van der Waals surface area contributed by atoms with Crippen molar-refractivity contribution in [2.24, 2.45) is 0 Å². The average molecular weight is 582 g/mol. The molecule has 0 aliphatic heterocycles. The van der Waals surface area contributed by atoms with Gasteiger partial charge in [-0.2, -0.15) is 0 Å². The Bertz CT molecular complexity index is 1860. The molecule has 0 aliphatic rings. The minimum atomic E-state index is 0.110. The first-order valence-electron chi connectivity index (χ1n) is 13.6. The lowest BCUT2D eigenvalue weighted by Gasteiger charge is -2.05. The summed E-state index contributed by atoms with van der Waals surface area (Å²) in [6, 6.07) is 26.8. The van der Waals surface area contributed by atoms with Crippen LogP contribution in [0.1, 0.15) is 61.3 Å².